The van der Waals surface area contributed by atoms with Crippen molar-refractivity contribution >= 4 is 50.8 Å². The van der Waals surface area contributed by atoms with Gasteiger partial charge in [0.25, 0.3) is 0 Å². The van der Waals surface area contributed by atoms with Gasteiger partial charge in [0.15, 0.2) is 33.6 Å². The number of nitrogens with zero attached hydrogens (tertiary/aromatic N) is 4. The van der Waals surface area contributed by atoms with E-state index in [1.54, 1.807) is 0 Å². The quantitative estimate of drug-likeness (QED) is 0.439. The molecule has 1 aliphatic heterocycles. The van der Waals surface area contributed by atoms with Crippen LogP contribution in [-0.4, -0.2) is 43.6 Å². The van der Waals surface area contributed by atoms with Crippen LogP contribution in [0.1, 0.15) is 19.3 Å². The number of nitrogens with two attached hydrogens (primary N) is 1. The third kappa shape index (κ3) is 4.09. The summed E-state index contributed by atoms with van der Waals surface area (Å²) in [6.07, 6.45) is 3.11. The fourth-order valence-corrected chi connectivity index (χ4v) is 5.15. The number of nitrogens with one attached hydrogen (secondary N) is 1. The van der Waals surface area contributed by atoms with E-state index >= 15 is 0 Å². The lowest BCUT2D eigenvalue weighted by Gasteiger charge is -2.17. The van der Waals surface area contributed by atoms with E-state index in [0.717, 1.165) is 22.2 Å². The van der Waals surface area contributed by atoms with Gasteiger partial charge in [-0.2, -0.15) is 0 Å². The average molecular weight is 507 g/mol. The van der Waals surface area contributed by atoms with Gasteiger partial charge in [-0.15, -0.1) is 0 Å². The number of imidazole rings is 1. The van der Waals surface area contributed by atoms with Crippen LogP contribution in [0.5, 0.6) is 11.5 Å². The first-order chi connectivity index (χ1) is 15.0. The van der Waals surface area contributed by atoms with E-state index in [9.17, 15) is 9.90 Å². The molecule has 0 saturated heterocycles. The van der Waals surface area contributed by atoms with E-state index < -0.39 is 6.09 Å². The van der Waals surface area contributed by atoms with Crippen molar-refractivity contribution in [2.45, 2.75) is 41.9 Å². The molecule has 0 radical (unpaired) electrons. The Hall–Kier alpha value is -2.73. The molecule has 1 saturated carbocycles. The van der Waals surface area contributed by atoms with Crippen LogP contribution in [0.2, 0.25) is 0 Å². The minimum Gasteiger partial charge on any atom is -0.465 e. The number of hydrogen-bond acceptors (Lipinski definition) is 8. The zero-order chi connectivity index (χ0) is 21.5. The highest BCUT2D eigenvalue weighted by Crippen LogP contribution is 2.43. The molecule has 2 aliphatic rings. The zero-order valence-corrected chi connectivity index (χ0v) is 18.6. The number of halogens is 1. The van der Waals surface area contributed by atoms with Crippen molar-refractivity contribution in [2.75, 3.05) is 12.5 Å². The third-order valence-corrected chi connectivity index (χ3v) is 7.29. The summed E-state index contributed by atoms with van der Waals surface area (Å²) >= 11 is 5.03. The average Bonchev–Trinajstić information content (AvgIpc) is 3.38. The van der Waals surface area contributed by atoms with Crippen molar-refractivity contribution in [1.82, 2.24) is 24.8 Å². The van der Waals surface area contributed by atoms with Gasteiger partial charge in [0.05, 0.1) is 0 Å². The molecule has 3 aromatic rings. The normalized spacial score (nSPS) is 15.9. The summed E-state index contributed by atoms with van der Waals surface area (Å²) in [5.41, 5.74) is 7.19. The number of carboxylic acid groups (broad SMARTS) is 1. The predicted octanol–water partition coefficient (Wildman–Crippen LogP) is 3.49. The molecule has 1 aromatic carbocycles. The number of aryl methyl sites for hydroxylation is 1. The molecule has 5 rings (SSSR count). The standard InChI is InChI=1S/C19H19BrN6O4S/c20-10-5-12-13(30-8-29-12)6-14(10)31-18-25-15-16(21)22-7-23-17(15)26(18)4-3-11(9-1-2-9)24-19(27)28/h5-7,9,11,24H,1-4,8H2,(H,27,28)(H2,21,22,23). The fraction of sp³-hybridized carbons (Fsp3) is 0.368. The SMILES string of the molecule is Nc1ncnc2c1nc(Sc1cc3c(cc1Br)OCO3)n2CCC(NC(=O)O)C1CC1. The van der Waals surface area contributed by atoms with Gasteiger partial charge in [0, 0.05) is 22.0 Å². The maximum atomic E-state index is 11.2. The number of nitrogen functional groups attached to an aromatic ring is 1. The van der Waals surface area contributed by atoms with E-state index in [0.29, 0.717) is 52.5 Å². The van der Waals surface area contributed by atoms with E-state index in [-0.39, 0.29) is 12.8 Å². The third-order valence-electron chi connectivity index (χ3n) is 5.32. The molecule has 1 unspecified atom stereocenters. The second kappa shape index (κ2) is 8.08. The molecule has 4 N–H and O–H groups in total. The monoisotopic (exact) mass is 506 g/mol. The Kier molecular flexibility index (Phi) is 5.26. The Labute approximate surface area is 189 Å². The number of fused-ring (bicyclic) bond motifs is 2. The molecule has 1 fully saturated rings. The van der Waals surface area contributed by atoms with E-state index in [1.165, 1.54) is 18.1 Å². The van der Waals surface area contributed by atoms with E-state index in [4.69, 9.17) is 15.2 Å². The van der Waals surface area contributed by atoms with Gasteiger partial charge in [0.2, 0.25) is 6.79 Å². The van der Waals surface area contributed by atoms with Gasteiger partial charge in [-0.05, 0) is 53.2 Å². The number of rotatable bonds is 7. The molecular formula is C19H19BrN6O4S. The lowest BCUT2D eigenvalue weighted by Crippen LogP contribution is -2.36. The van der Waals surface area contributed by atoms with E-state index in [1.807, 2.05) is 16.7 Å². The van der Waals surface area contributed by atoms with Crippen LogP contribution >= 0.6 is 27.7 Å². The molecule has 1 atom stereocenters. The maximum Gasteiger partial charge on any atom is 0.404 e. The Balaban J connectivity index is 1.48. The molecule has 1 aliphatic carbocycles. The molecule has 10 nitrogen and oxygen atoms in total. The Morgan fingerprint density at radius 1 is 1.35 bits per heavy atom. The number of aromatic nitrogens is 4. The molecule has 2 aromatic heterocycles. The number of ether oxygens (including phenoxy) is 2. The minimum atomic E-state index is -1.00. The van der Waals surface area contributed by atoms with Crippen molar-refractivity contribution in [3.05, 3.63) is 22.9 Å². The van der Waals surface area contributed by atoms with Gasteiger partial charge in [-0.25, -0.2) is 19.7 Å². The number of carbonyl (C=O) groups is 1. The summed E-state index contributed by atoms with van der Waals surface area (Å²) in [6.45, 7) is 0.735. The molecule has 12 heteroatoms. The largest absolute Gasteiger partial charge is 0.465 e. The van der Waals surface area contributed by atoms with Crippen molar-refractivity contribution in [2.24, 2.45) is 5.92 Å². The van der Waals surface area contributed by atoms with Gasteiger partial charge < -0.3 is 30.2 Å². The van der Waals surface area contributed by atoms with Crippen molar-refractivity contribution < 1.29 is 19.4 Å². The number of anilines is 1. The molecule has 1 amide bonds. The van der Waals surface area contributed by atoms with Gasteiger partial charge >= 0.3 is 6.09 Å². The van der Waals surface area contributed by atoms with Crippen LogP contribution in [0.4, 0.5) is 10.6 Å². The maximum absolute atomic E-state index is 11.2. The molecule has 162 valence electrons. The number of hydrogen-bond donors (Lipinski definition) is 3. The first-order valence-electron chi connectivity index (χ1n) is 9.72. The Morgan fingerprint density at radius 3 is 2.87 bits per heavy atom. The smallest absolute Gasteiger partial charge is 0.404 e. The van der Waals surface area contributed by atoms with Crippen molar-refractivity contribution in [3.8, 4) is 11.5 Å². The summed E-state index contributed by atoms with van der Waals surface area (Å²) in [5, 5.41) is 12.5. The first kappa shape index (κ1) is 20.2. The highest BCUT2D eigenvalue weighted by atomic mass is 79.9. The topological polar surface area (TPSA) is 137 Å². The summed E-state index contributed by atoms with van der Waals surface area (Å²) in [7, 11) is 0. The molecule has 3 heterocycles. The zero-order valence-electron chi connectivity index (χ0n) is 16.2. The van der Waals surface area contributed by atoms with Gasteiger partial charge in [0.1, 0.15) is 6.33 Å². The van der Waals surface area contributed by atoms with Gasteiger partial charge in [-0.3, -0.25) is 0 Å². The number of benzene rings is 1. The van der Waals surface area contributed by atoms with Crippen molar-refractivity contribution in [3.63, 3.8) is 0 Å². The second-order valence-corrected chi connectivity index (χ2v) is 9.26. The molecule has 0 spiro atoms. The molecule has 31 heavy (non-hydrogen) atoms. The highest BCUT2D eigenvalue weighted by molar-refractivity contribution is 9.10. The van der Waals surface area contributed by atoms with Crippen LogP contribution in [0, 0.1) is 5.92 Å². The minimum absolute atomic E-state index is 0.107. The van der Waals surface area contributed by atoms with Crippen molar-refractivity contribution in [1.29, 1.82) is 0 Å². The van der Waals surface area contributed by atoms with Crippen LogP contribution in [-0.2, 0) is 6.54 Å². The fourth-order valence-electron chi connectivity index (χ4n) is 3.64. The van der Waals surface area contributed by atoms with Crippen LogP contribution < -0.4 is 20.5 Å². The highest BCUT2D eigenvalue weighted by Gasteiger charge is 2.32. The first-order valence-corrected chi connectivity index (χ1v) is 11.3. The lowest BCUT2D eigenvalue weighted by molar-refractivity contribution is 0.174. The summed E-state index contributed by atoms with van der Waals surface area (Å²) in [4.78, 5) is 25.2. The number of amides is 1. The van der Waals surface area contributed by atoms with Crippen LogP contribution in [0.15, 0.2) is 33.0 Å². The van der Waals surface area contributed by atoms with Crippen LogP contribution in [0.25, 0.3) is 11.2 Å². The molecule has 0 bridgehead atoms. The molecular weight excluding hydrogens is 488 g/mol. The summed E-state index contributed by atoms with van der Waals surface area (Å²) < 4.78 is 13.7. The Morgan fingerprint density at radius 2 is 2.13 bits per heavy atom. The lowest BCUT2D eigenvalue weighted by atomic mass is 10.1. The second-order valence-electron chi connectivity index (χ2n) is 7.40. The van der Waals surface area contributed by atoms with Gasteiger partial charge in [-0.1, -0.05) is 11.8 Å². The summed E-state index contributed by atoms with van der Waals surface area (Å²) in [5.74, 6) is 2.04. The predicted molar refractivity (Wildman–Crippen MR) is 116 cm³/mol. The van der Waals surface area contributed by atoms with Crippen LogP contribution in [0.3, 0.4) is 0 Å². The van der Waals surface area contributed by atoms with E-state index in [2.05, 4.69) is 36.2 Å². The summed E-state index contributed by atoms with van der Waals surface area (Å²) in [6, 6.07) is 3.66. The Bertz CT molecular complexity index is 1170.